The first kappa shape index (κ1) is 12.2. The summed E-state index contributed by atoms with van der Waals surface area (Å²) in [5.74, 6) is 0. The summed E-state index contributed by atoms with van der Waals surface area (Å²) in [6.45, 7) is 1.36. The molecule has 0 amide bonds. The van der Waals surface area contributed by atoms with Gasteiger partial charge in [0.25, 0.3) is 0 Å². The van der Waals surface area contributed by atoms with Crippen LogP contribution in [0.5, 0.6) is 0 Å². The molecule has 0 aliphatic carbocycles. The maximum absolute atomic E-state index is 10.8. The van der Waals surface area contributed by atoms with Gasteiger partial charge < -0.3 is 4.55 Å². The lowest BCUT2D eigenvalue weighted by Gasteiger charge is -2.01. The van der Waals surface area contributed by atoms with Crippen LogP contribution in [0, 0.1) is 27.2 Å². The first-order chi connectivity index (χ1) is 7.34. The van der Waals surface area contributed by atoms with Crippen LogP contribution in [0.4, 0.5) is 11.4 Å². The quantitative estimate of drug-likeness (QED) is 0.488. The maximum Gasteiger partial charge on any atom is 0.347 e. The van der Waals surface area contributed by atoms with Crippen molar-refractivity contribution in [2.24, 2.45) is 0 Å². The Morgan fingerprint density at radius 3 is 2.00 bits per heavy atom. The summed E-state index contributed by atoms with van der Waals surface area (Å²) in [6.07, 6.45) is 0. The van der Waals surface area contributed by atoms with Crippen LogP contribution in [0.25, 0.3) is 0 Å². The lowest BCUT2D eigenvalue weighted by Crippen LogP contribution is -2.01. The molecule has 0 heterocycles. The van der Waals surface area contributed by atoms with E-state index in [9.17, 15) is 24.4 Å². The molecular formula is C7H6N2O6S. The Hall–Kier alpha value is -1.87. The van der Waals surface area contributed by atoms with E-state index in [-0.39, 0.29) is 10.5 Å². The molecule has 1 aromatic rings. The van der Waals surface area contributed by atoms with Crippen LogP contribution in [0.2, 0.25) is 0 Å². The molecule has 1 atom stereocenters. The van der Waals surface area contributed by atoms with Crippen molar-refractivity contribution in [2.75, 3.05) is 0 Å². The normalized spacial score (nSPS) is 12.1. The fraction of sp³-hybridized carbons (Fsp3) is 0.143. The zero-order chi connectivity index (χ0) is 12.5. The molecule has 0 saturated heterocycles. The van der Waals surface area contributed by atoms with Gasteiger partial charge in [-0.2, -0.15) is 0 Å². The van der Waals surface area contributed by atoms with Gasteiger partial charge in [-0.1, -0.05) is 0 Å². The lowest BCUT2D eigenvalue weighted by atomic mass is 10.2. The molecule has 9 heteroatoms. The summed E-state index contributed by atoms with van der Waals surface area (Å²) in [6, 6.07) is 1.64. The number of aryl methyl sites for hydroxylation is 1. The van der Waals surface area contributed by atoms with Crippen LogP contribution in [0.3, 0.4) is 0 Å². The number of nitro groups is 2. The predicted octanol–water partition coefficient (Wildman–Crippen LogP) is 1.39. The highest BCUT2D eigenvalue weighted by Gasteiger charge is 2.27. The Balaban J connectivity index is 3.55. The lowest BCUT2D eigenvalue weighted by molar-refractivity contribution is -0.422. The van der Waals surface area contributed by atoms with Crippen LogP contribution in [0.1, 0.15) is 5.56 Å². The zero-order valence-corrected chi connectivity index (χ0v) is 8.76. The number of hydrogen-bond acceptors (Lipinski definition) is 5. The molecule has 0 radical (unpaired) electrons. The molecule has 1 N–H and O–H groups in total. The highest BCUT2D eigenvalue weighted by Crippen LogP contribution is 2.31. The smallest absolute Gasteiger partial charge is 0.302 e. The van der Waals surface area contributed by atoms with E-state index in [1.165, 1.54) is 6.92 Å². The van der Waals surface area contributed by atoms with Crippen molar-refractivity contribution in [1.82, 2.24) is 0 Å². The van der Waals surface area contributed by atoms with Gasteiger partial charge in [-0.25, -0.2) is 4.21 Å². The molecule has 86 valence electrons. The van der Waals surface area contributed by atoms with Crippen LogP contribution >= 0.6 is 0 Å². The molecule has 0 saturated carbocycles. The molecule has 0 bridgehead atoms. The standard InChI is InChI=1S/C7H6N2O6S/c1-4-2-5(8(10)11)6(9(12)13)3-7(4)16(14)15/h2-3H,1H3,(H,14,15). The van der Waals surface area contributed by atoms with Crippen molar-refractivity contribution >= 4 is 22.5 Å². The summed E-state index contributed by atoms with van der Waals surface area (Å²) in [5.41, 5.74) is -1.34. The predicted molar refractivity (Wildman–Crippen MR) is 53.5 cm³/mol. The van der Waals surface area contributed by atoms with Gasteiger partial charge in [0.2, 0.25) is 0 Å². The second-order valence-electron chi connectivity index (χ2n) is 2.87. The van der Waals surface area contributed by atoms with E-state index in [1.807, 2.05) is 0 Å². The SMILES string of the molecule is Cc1cc([N+](=O)[O-])c([N+](=O)[O-])cc1S(=O)O. The van der Waals surface area contributed by atoms with Gasteiger partial charge in [-0.15, -0.1) is 0 Å². The van der Waals surface area contributed by atoms with E-state index in [2.05, 4.69) is 0 Å². The van der Waals surface area contributed by atoms with Crippen molar-refractivity contribution < 1.29 is 18.6 Å². The summed E-state index contributed by atoms with van der Waals surface area (Å²) >= 11 is -2.42. The van der Waals surface area contributed by atoms with Gasteiger partial charge >= 0.3 is 11.4 Å². The third-order valence-corrected chi connectivity index (χ3v) is 2.67. The summed E-state index contributed by atoms with van der Waals surface area (Å²) in [7, 11) is 0. The van der Waals surface area contributed by atoms with Gasteiger partial charge in [0.05, 0.1) is 14.7 Å². The molecule has 16 heavy (non-hydrogen) atoms. The van der Waals surface area contributed by atoms with Gasteiger partial charge in [0.15, 0.2) is 11.1 Å². The first-order valence-electron chi connectivity index (χ1n) is 3.89. The van der Waals surface area contributed by atoms with Crippen molar-refractivity contribution in [3.8, 4) is 0 Å². The van der Waals surface area contributed by atoms with Crippen LogP contribution in [-0.2, 0) is 11.1 Å². The first-order valence-corrected chi connectivity index (χ1v) is 4.99. The minimum absolute atomic E-state index is 0.151. The highest BCUT2D eigenvalue weighted by atomic mass is 32.2. The monoisotopic (exact) mass is 246 g/mol. The minimum Gasteiger partial charge on any atom is -0.302 e. The fourth-order valence-corrected chi connectivity index (χ4v) is 1.69. The summed E-state index contributed by atoms with van der Waals surface area (Å²) in [4.78, 5) is 19.0. The number of nitrogens with zero attached hydrogens (tertiary/aromatic N) is 2. The molecule has 0 aliphatic rings. The highest BCUT2D eigenvalue weighted by molar-refractivity contribution is 7.79. The van der Waals surface area contributed by atoms with E-state index in [0.29, 0.717) is 0 Å². The number of benzene rings is 1. The summed E-state index contributed by atoms with van der Waals surface area (Å²) in [5, 5.41) is 21.1. The Labute approximate surface area is 91.5 Å². The van der Waals surface area contributed by atoms with Crippen LogP contribution < -0.4 is 0 Å². The van der Waals surface area contributed by atoms with Gasteiger partial charge in [0, 0.05) is 12.1 Å². The van der Waals surface area contributed by atoms with E-state index >= 15 is 0 Å². The Kier molecular flexibility index (Phi) is 3.30. The van der Waals surface area contributed by atoms with Crippen molar-refractivity contribution in [3.63, 3.8) is 0 Å². The average Bonchev–Trinajstić information content (AvgIpc) is 2.15. The Morgan fingerprint density at radius 2 is 1.62 bits per heavy atom. The van der Waals surface area contributed by atoms with E-state index in [0.717, 1.165) is 12.1 Å². The van der Waals surface area contributed by atoms with Crippen molar-refractivity contribution in [2.45, 2.75) is 11.8 Å². The van der Waals surface area contributed by atoms with Crippen molar-refractivity contribution in [3.05, 3.63) is 37.9 Å². The topological polar surface area (TPSA) is 124 Å². The van der Waals surface area contributed by atoms with E-state index in [4.69, 9.17) is 4.55 Å². The molecule has 0 spiro atoms. The van der Waals surface area contributed by atoms with Crippen LogP contribution in [0.15, 0.2) is 17.0 Å². The molecule has 0 fully saturated rings. The fourth-order valence-electron chi connectivity index (χ4n) is 1.14. The minimum atomic E-state index is -2.42. The maximum atomic E-state index is 10.8. The van der Waals surface area contributed by atoms with Crippen molar-refractivity contribution in [1.29, 1.82) is 0 Å². The van der Waals surface area contributed by atoms with Gasteiger partial charge in [-0.3, -0.25) is 20.2 Å². The molecule has 1 aromatic carbocycles. The van der Waals surface area contributed by atoms with E-state index < -0.39 is 32.3 Å². The number of nitro benzene ring substituents is 2. The second kappa shape index (κ2) is 4.33. The summed E-state index contributed by atoms with van der Waals surface area (Å²) < 4.78 is 19.6. The van der Waals surface area contributed by atoms with E-state index in [1.54, 1.807) is 0 Å². The van der Waals surface area contributed by atoms with Crippen LogP contribution in [-0.4, -0.2) is 18.6 Å². The Bertz CT molecular complexity index is 500. The molecule has 0 aromatic heterocycles. The Morgan fingerprint density at radius 1 is 1.19 bits per heavy atom. The molecule has 0 aliphatic heterocycles. The third kappa shape index (κ3) is 2.20. The molecule has 8 nitrogen and oxygen atoms in total. The average molecular weight is 246 g/mol. The molecule has 1 rings (SSSR count). The molecule has 1 unspecified atom stereocenters. The second-order valence-corrected chi connectivity index (χ2v) is 3.81. The molecular weight excluding hydrogens is 240 g/mol. The third-order valence-electron chi connectivity index (χ3n) is 1.85. The van der Waals surface area contributed by atoms with Gasteiger partial charge in [0.1, 0.15) is 0 Å². The largest absolute Gasteiger partial charge is 0.347 e. The number of hydrogen-bond donors (Lipinski definition) is 1. The zero-order valence-electron chi connectivity index (χ0n) is 7.95. The number of rotatable bonds is 3. The van der Waals surface area contributed by atoms with Gasteiger partial charge in [-0.05, 0) is 12.5 Å².